The molecule has 27 heavy (non-hydrogen) atoms. The lowest BCUT2D eigenvalue weighted by Gasteiger charge is -2.31. The SMILES string of the molecule is O=C1CC(C(=O)N2CCCc3ccccc32)CN1CCc1cccc(Cl)c1. The molecule has 1 unspecified atom stereocenters. The first-order chi connectivity index (χ1) is 13.1. The summed E-state index contributed by atoms with van der Waals surface area (Å²) >= 11 is 6.03. The van der Waals surface area contributed by atoms with Gasteiger partial charge in [-0.25, -0.2) is 0 Å². The molecule has 4 nitrogen and oxygen atoms in total. The number of likely N-dealkylation sites (tertiary alicyclic amines) is 1. The molecule has 2 amide bonds. The number of para-hydroxylation sites is 1. The van der Waals surface area contributed by atoms with Crippen molar-refractivity contribution in [2.45, 2.75) is 25.7 Å². The predicted octanol–water partition coefficient (Wildman–Crippen LogP) is 3.71. The van der Waals surface area contributed by atoms with E-state index in [-0.39, 0.29) is 17.7 Å². The van der Waals surface area contributed by atoms with Crippen LogP contribution >= 0.6 is 11.6 Å². The maximum atomic E-state index is 13.1. The van der Waals surface area contributed by atoms with E-state index in [4.69, 9.17) is 11.6 Å². The number of anilines is 1. The van der Waals surface area contributed by atoms with E-state index in [1.54, 1.807) is 0 Å². The number of carbonyl (C=O) groups is 2. The van der Waals surface area contributed by atoms with Crippen molar-refractivity contribution >= 4 is 29.1 Å². The summed E-state index contributed by atoms with van der Waals surface area (Å²) in [7, 11) is 0. The summed E-state index contributed by atoms with van der Waals surface area (Å²) in [6.45, 7) is 1.87. The molecule has 140 valence electrons. The van der Waals surface area contributed by atoms with Crippen molar-refractivity contribution in [2.24, 2.45) is 5.92 Å². The van der Waals surface area contributed by atoms with E-state index in [0.717, 1.165) is 37.1 Å². The Hall–Kier alpha value is -2.33. The molecule has 0 saturated carbocycles. The fraction of sp³-hybridized carbons (Fsp3) is 0.364. The lowest BCUT2D eigenvalue weighted by molar-refractivity contribution is -0.128. The Balaban J connectivity index is 1.41. The molecule has 0 spiro atoms. The molecule has 0 bridgehead atoms. The second kappa shape index (κ2) is 7.73. The average molecular weight is 383 g/mol. The number of nitrogens with zero attached hydrogens (tertiary/aromatic N) is 2. The van der Waals surface area contributed by atoms with Crippen LogP contribution in [0, 0.1) is 5.92 Å². The summed E-state index contributed by atoms with van der Waals surface area (Å²) in [5.74, 6) is -0.0931. The molecule has 2 aromatic carbocycles. The number of carbonyl (C=O) groups excluding carboxylic acids is 2. The highest BCUT2D eigenvalue weighted by molar-refractivity contribution is 6.30. The monoisotopic (exact) mass is 382 g/mol. The van der Waals surface area contributed by atoms with Gasteiger partial charge in [-0.2, -0.15) is 0 Å². The average Bonchev–Trinajstić information content (AvgIpc) is 3.06. The van der Waals surface area contributed by atoms with Gasteiger partial charge in [0, 0.05) is 36.8 Å². The number of benzene rings is 2. The molecule has 2 aromatic rings. The lowest BCUT2D eigenvalue weighted by atomic mass is 9.99. The Morgan fingerprint density at radius 1 is 1.15 bits per heavy atom. The van der Waals surface area contributed by atoms with E-state index >= 15 is 0 Å². The molecule has 1 saturated heterocycles. The minimum absolute atomic E-state index is 0.0701. The van der Waals surface area contributed by atoms with Crippen molar-refractivity contribution in [3.8, 4) is 0 Å². The van der Waals surface area contributed by atoms with Crippen LogP contribution in [0.5, 0.6) is 0 Å². The van der Waals surface area contributed by atoms with Gasteiger partial charge in [-0.1, -0.05) is 41.9 Å². The van der Waals surface area contributed by atoms with Crippen LogP contribution in [-0.4, -0.2) is 36.3 Å². The summed E-state index contributed by atoms with van der Waals surface area (Å²) < 4.78 is 0. The molecule has 4 rings (SSSR count). The van der Waals surface area contributed by atoms with Crippen LogP contribution < -0.4 is 4.90 Å². The molecule has 5 heteroatoms. The van der Waals surface area contributed by atoms with Gasteiger partial charge in [0.15, 0.2) is 0 Å². The summed E-state index contributed by atoms with van der Waals surface area (Å²) in [5.41, 5.74) is 3.34. The molecule has 0 aromatic heterocycles. The van der Waals surface area contributed by atoms with Gasteiger partial charge in [-0.3, -0.25) is 9.59 Å². The maximum Gasteiger partial charge on any atom is 0.232 e. The smallest absolute Gasteiger partial charge is 0.232 e. The van der Waals surface area contributed by atoms with Crippen molar-refractivity contribution in [3.05, 3.63) is 64.7 Å². The van der Waals surface area contributed by atoms with Crippen LogP contribution in [0.15, 0.2) is 48.5 Å². The highest BCUT2D eigenvalue weighted by Gasteiger charge is 2.37. The van der Waals surface area contributed by atoms with Gasteiger partial charge in [-0.15, -0.1) is 0 Å². The van der Waals surface area contributed by atoms with E-state index in [1.165, 1.54) is 5.56 Å². The number of rotatable bonds is 4. The van der Waals surface area contributed by atoms with Crippen LogP contribution in [0.3, 0.4) is 0 Å². The Morgan fingerprint density at radius 3 is 2.85 bits per heavy atom. The van der Waals surface area contributed by atoms with Crippen molar-refractivity contribution in [1.29, 1.82) is 0 Å². The normalized spacial score (nSPS) is 19.3. The quantitative estimate of drug-likeness (QED) is 0.808. The molecule has 0 aliphatic carbocycles. The summed E-state index contributed by atoms with van der Waals surface area (Å²) in [4.78, 5) is 29.2. The lowest BCUT2D eigenvalue weighted by Crippen LogP contribution is -2.40. The highest BCUT2D eigenvalue weighted by atomic mass is 35.5. The van der Waals surface area contributed by atoms with E-state index in [0.29, 0.717) is 24.5 Å². The van der Waals surface area contributed by atoms with Crippen LogP contribution in [-0.2, 0) is 22.4 Å². The Kier molecular flexibility index (Phi) is 5.17. The van der Waals surface area contributed by atoms with Crippen molar-refractivity contribution in [2.75, 3.05) is 24.5 Å². The minimum atomic E-state index is -0.247. The van der Waals surface area contributed by atoms with Crippen LogP contribution in [0.4, 0.5) is 5.69 Å². The van der Waals surface area contributed by atoms with Crippen molar-refractivity contribution in [3.63, 3.8) is 0 Å². The first-order valence-electron chi connectivity index (χ1n) is 9.53. The van der Waals surface area contributed by atoms with E-state index < -0.39 is 0 Å². The zero-order valence-electron chi connectivity index (χ0n) is 15.2. The van der Waals surface area contributed by atoms with E-state index in [2.05, 4.69) is 6.07 Å². The fourth-order valence-electron chi connectivity index (χ4n) is 4.09. The molecule has 0 radical (unpaired) electrons. The summed E-state index contributed by atoms with van der Waals surface area (Å²) in [6.07, 6.45) is 3.05. The summed E-state index contributed by atoms with van der Waals surface area (Å²) in [5, 5.41) is 0.706. The molecule has 1 atom stereocenters. The summed E-state index contributed by atoms with van der Waals surface area (Å²) in [6, 6.07) is 15.8. The second-order valence-electron chi connectivity index (χ2n) is 7.34. The van der Waals surface area contributed by atoms with E-state index in [9.17, 15) is 9.59 Å². The van der Waals surface area contributed by atoms with Crippen LogP contribution in [0.25, 0.3) is 0 Å². The first-order valence-corrected chi connectivity index (χ1v) is 9.91. The van der Waals surface area contributed by atoms with Gasteiger partial charge in [0.1, 0.15) is 0 Å². The minimum Gasteiger partial charge on any atom is -0.342 e. The second-order valence-corrected chi connectivity index (χ2v) is 7.78. The zero-order chi connectivity index (χ0) is 18.8. The third kappa shape index (κ3) is 3.86. The van der Waals surface area contributed by atoms with Crippen molar-refractivity contribution < 1.29 is 9.59 Å². The van der Waals surface area contributed by atoms with E-state index in [1.807, 2.05) is 52.3 Å². The number of amides is 2. The number of fused-ring (bicyclic) bond motifs is 1. The topological polar surface area (TPSA) is 40.6 Å². The van der Waals surface area contributed by atoms with Gasteiger partial charge in [-0.05, 0) is 48.6 Å². The molecule has 2 aliphatic heterocycles. The molecule has 2 heterocycles. The Labute approximate surface area is 164 Å². The largest absolute Gasteiger partial charge is 0.342 e. The Morgan fingerprint density at radius 2 is 2.00 bits per heavy atom. The third-order valence-corrected chi connectivity index (χ3v) is 5.73. The van der Waals surface area contributed by atoms with Gasteiger partial charge in [0.2, 0.25) is 11.8 Å². The van der Waals surface area contributed by atoms with Gasteiger partial charge < -0.3 is 9.80 Å². The Bertz CT molecular complexity index is 867. The highest BCUT2D eigenvalue weighted by Crippen LogP contribution is 2.30. The molecule has 2 aliphatic rings. The fourth-order valence-corrected chi connectivity index (χ4v) is 4.31. The van der Waals surface area contributed by atoms with Crippen LogP contribution in [0.2, 0.25) is 5.02 Å². The third-order valence-electron chi connectivity index (χ3n) is 5.50. The zero-order valence-corrected chi connectivity index (χ0v) is 16.0. The molecular formula is C22H23ClN2O2. The maximum absolute atomic E-state index is 13.1. The van der Waals surface area contributed by atoms with Gasteiger partial charge in [0.25, 0.3) is 0 Å². The number of aryl methyl sites for hydroxylation is 1. The van der Waals surface area contributed by atoms with Crippen LogP contribution in [0.1, 0.15) is 24.0 Å². The molecule has 0 N–H and O–H groups in total. The number of hydrogen-bond donors (Lipinski definition) is 0. The number of hydrogen-bond acceptors (Lipinski definition) is 2. The standard InChI is InChI=1S/C22H23ClN2O2/c23-19-8-3-5-16(13-19)10-12-24-15-18(14-21(24)26)22(27)25-11-4-7-17-6-1-2-9-20(17)25/h1-3,5-6,8-9,13,18H,4,7,10-12,14-15H2. The van der Waals surface area contributed by atoms with Gasteiger partial charge in [0.05, 0.1) is 5.92 Å². The molecular weight excluding hydrogens is 360 g/mol. The number of halogens is 1. The first kappa shape index (κ1) is 18.1. The predicted molar refractivity (Wildman–Crippen MR) is 107 cm³/mol. The van der Waals surface area contributed by atoms with Gasteiger partial charge >= 0.3 is 0 Å². The van der Waals surface area contributed by atoms with Crippen molar-refractivity contribution in [1.82, 2.24) is 4.90 Å². The molecule has 1 fully saturated rings.